The zero-order valence-corrected chi connectivity index (χ0v) is 18.0. The Morgan fingerprint density at radius 1 is 0.938 bits per heavy atom. The van der Waals surface area contributed by atoms with Gasteiger partial charge >= 0.3 is 0 Å². The molecular weight excluding hydrogens is 406 g/mol. The molecule has 2 amide bonds. The molecular formula is C25H25N3O4. The monoisotopic (exact) mass is 431 g/mol. The van der Waals surface area contributed by atoms with E-state index in [1.54, 1.807) is 42.5 Å². The van der Waals surface area contributed by atoms with Crippen molar-refractivity contribution < 1.29 is 19.1 Å². The second kappa shape index (κ2) is 9.53. The highest BCUT2D eigenvalue weighted by Crippen LogP contribution is 2.34. The lowest BCUT2D eigenvalue weighted by Gasteiger charge is -2.24. The van der Waals surface area contributed by atoms with E-state index in [0.29, 0.717) is 28.4 Å². The molecule has 0 saturated carbocycles. The highest BCUT2D eigenvalue weighted by atomic mass is 16.7. The molecule has 1 aliphatic rings. The highest BCUT2D eigenvalue weighted by Gasteiger charge is 2.19. The first-order chi connectivity index (χ1) is 15.5. The molecule has 0 aliphatic carbocycles. The van der Waals surface area contributed by atoms with Crippen molar-refractivity contribution >= 4 is 23.2 Å². The SMILES string of the molecule is CC(c1ccccc1)N(C)CC(=O)Nc1ccccc1C(=O)Nc1ccc2c(c1)OCO2. The van der Waals surface area contributed by atoms with Crippen LogP contribution < -0.4 is 20.1 Å². The van der Waals surface area contributed by atoms with Crippen LogP contribution in [0.25, 0.3) is 0 Å². The van der Waals surface area contributed by atoms with Gasteiger partial charge in [0.1, 0.15) is 0 Å². The van der Waals surface area contributed by atoms with Gasteiger partial charge in [-0.2, -0.15) is 0 Å². The van der Waals surface area contributed by atoms with E-state index < -0.39 is 0 Å². The van der Waals surface area contributed by atoms with Crippen LogP contribution in [0.4, 0.5) is 11.4 Å². The summed E-state index contributed by atoms with van der Waals surface area (Å²) in [5.74, 6) is 0.703. The molecule has 4 rings (SSSR count). The Balaban J connectivity index is 1.41. The van der Waals surface area contributed by atoms with Crippen molar-refractivity contribution in [2.75, 3.05) is 31.0 Å². The van der Waals surface area contributed by atoms with Gasteiger partial charge in [0.15, 0.2) is 11.5 Å². The number of hydrogen-bond donors (Lipinski definition) is 2. The van der Waals surface area contributed by atoms with Crippen molar-refractivity contribution in [3.05, 3.63) is 83.9 Å². The predicted molar refractivity (Wildman–Crippen MR) is 123 cm³/mol. The zero-order chi connectivity index (χ0) is 22.5. The Morgan fingerprint density at radius 3 is 2.47 bits per heavy atom. The lowest BCUT2D eigenvalue weighted by Crippen LogP contribution is -2.32. The highest BCUT2D eigenvalue weighted by molar-refractivity contribution is 6.10. The molecule has 7 heteroatoms. The van der Waals surface area contributed by atoms with E-state index in [9.17, 15) is 9.59 Å². The molecule has 1 atom stereocenters. The third-order valence-electron chi connectivity index (χ3n) is 5.41. The van der Waals surface area contributed by atoms with Gasteiger partial charge in [-0.3, -0.25) is 14.5 Å². The van der Waals surface area contributed by atoms with E-state index in [1.165, 1.54) is 0 Å². The van der Waals surface area contributed by atoms with Gasteiger partial charge in [0.2, 0.25) is 12.7 Å². The lowest BCUT2D eigenvalue weighted by molar-refractivity contribution is -0.117. The fraction of sp³-hybridized carbons (Fsp3) is 0.200. The van der Waals surface area contributed by atoms with Crippen molar-refractivity contribution in [2.45, 2.75) is 13.0 Å². The van der Waals surface area contributed by atoms with Crippen LogP contribution in [-0.4, -0.2) is 37.1 Å². The van der Waals surface area contributed by atoms with Crippen molar-refractivity contribution in [1.29, 1.82) is 0 Å². The number of fused-ring (bicyclic) bond motifs is 1. The number of carbonyl (C=O) groups is 2. The number of rotatable bonds is 7. The molecule has 2 N–H and O–H groups in total. The van der Waals surface area contributed by atoms with Gasteiger partial charge in [0, 0.05) is 17.8 Å². The van der Waals surface area contributed by atoms with E-state index in [-0.39, 0.29) is 31.2 Å². The summed E-state index contributed by atoms with van der Waals surface area (Å²) in [4.78, 5) is 27.6. The van der Waals surface area contributed by atoms with Crippen LogP contribution in [0.3, 0.4) is 0 Å². The summed E-state index contributed by atoms with van der Waals surface area (Å²) in [6, 6.07) is 22.2. The van der Waals surface area contributed by atoms with Crippen molar-refractivity contribution in [3.8, 4) is 11.5 Å². The Hall–Kier alpha value is -3.84. The molecule has 3 aromatic rings. The van der Waals surface area contributed by atoms with Gasteiger partial charge in [0.25, 0.3) is 5.91 Å². The minimum atomic E-state index is -0.328. The lowest BCUT2D eigenvalue weighted by atomic mass is 10.1. The zero-order valence-electron chi connectivity index (χ0n) is 18.0. The second-order valence-corrected chi connectivity index (χ2v) is 7.62. The maximum Gasteiger partial charge on any atom is 0.257 e. The number of hydrogen-bond acceptors (Lipinski definition) is 5. The average molecular weight is 431 g/mol. The Bertz CT molecular complexity index is 1120. The summed E-state index contributed by atoms with van der Waals surface area (Å²) >= 11 is 0. The number of nitrogens with one attached hydrogen (secondary N) is 2. The standard InChI is InChI=1S/C25H25N3O4/c1-17(18-8-4-3-5-9-18)28(2)15-24(29)27-21-11-7-6-10-20(21)25(30)26-19-12-13-22-23(14-19)32-16-31-22/h3-14,17H,15-16H2,1-2H3,(H,26,30)(H,27,29). The molecule has 0 bridgehead atoms. The molecule has 7 nitrogen and oxygen atoms in total. The largest absolute Gasteiger partial charge is 0.454 e. The number of likely N-dealkylation sites (N-methyl/N-ethyl adjacent to an activating group) is 1. The average Bonchev–Trinajstić information content (AvgIpc) is 3.27. The maximum atomic E-state index is 12.9. The summed E-state index contributed by atoms with van der Waals surface area (Å²) < 4.78 is 10.7. The molecule has 0 aromatic heterocycles. The van der Waals surface area contributed by atoms with Crippen molar-refractivity contribution in [2.24, 2.45) is 0 Å². The molecule has 1 unspecified atom stereocenters. The van der Waals surface area contributed by atoms with Crippen LogP contribution in [0.15, 0.2) is 72.8 Å². The summed E-state index contributed by atoms with van der Waals surface area (Å²) in [6.07, 6.45) is 0. The summed E-state index contributed by atoms with van der Waals surface area (Å²) in [5, 5.41) is 5.72. The molecule has 164 valence electrons. The topological polar surface area (TPSA) is 79.9 Å². The number of anilines is 2. The van der Waals surface area contributed by atoms with Crippen LogP contribution in [0.1, 0.15) is 28.9 Å². The van der Waals surface area contributed by atoms with Gasteiger partial charge in [-0.1, -0.05) is 42.5 Å². The third kappa shape index (κ3) is 4.90. The summed E-state index contributed by atoms with van der Waals surface area (Å²) in [5.41, 5.74) is 2.54. The summed E-state index contributed by atoms with van der Waals surface area (Å²) in [6.45, 7) is 2.41. The van der Waals surface area contributed by atoms with E-state index in [1.807, 2.05) is 42.3 Å². The van der Waals surface area contributed by atoms with E-state index in [2.05, 4.69) is 17.6 Å². The minimum absolute atomic E-state index is 0.0755. The fourth-order valence-electron chi connectivity index (χ4n) is 3.50. The molecule has 3 aromatic carbocycles. The molecule has 0 saturated heterocycles. The van der Waals surface area contributed by atoms with Crippen LogP contribution in [0.5, 0.6) is 11.5 Å². The van der Waals surface area contributed by atoms with Crippen LogP contribution in [0.2, 0.25) is 0 Å². The van der Waals surface area contributed by atoms with Crippen LogP contribution in [-0.2, 0) is 4.79 Å². The number of carbonyl (C=O) groups excluding carboxylic acids is 2. The van der Waals surface area contributed by atoms with E-state index in [0.717, 1.165) is 5.56 Å². The van der Waals surface area contributed by atoms with Crippen molar-refractivity contribution in [3.63, 3.8) is 0 Å². The quantitative estimate of drug-likeness (QED) is 0.583. The fourth-order valence-corrected chi connectivity index (χ4v) is 3.50. The van der Waals surface area contributed by atoms with Gasteiger partial charge in [0.05, 0.1) is 17.8 Å². The first-order valence-corrected chi connectivity index (χ1v) is 10.4. The second-order valence-electron chi connectivity index (χ2n) is 7.62. The third-order valence-corrected chi connectivity index (χ3v) is 5.41. The normalized spacial score (nSPS) is 13.0. The van der Waals surface area contributed by atoms with Gasteiger partial charge in [-0.15, -0.1) is 0 Å². The van der Waals surface area contributed by atoms with Gasteiger partial charge in [-0.05, 0) is 43.8 Å². The summed E-state index contributed by atoms with van der Waals surface area (Å²) in [7, 11) is 1.90. The Labute approximate surface area is 187 Å². The van der Waals surface area contributed by atoms with Crippen LogP contribution in [0, 0.1) is 0 Å². The maximum absolute atomic E-state index is 12.9. The minimum Gasteiger partial charge on any atom is -0.454 e. The first-order valence-electron chi connectivity index (χ1n) is 10.4. The number of ether oxygens (including phenoxy) is 2. The number of benzene rings is 3. The molecule has 1 heterocycles. The molecule has 0 spiro atoms. The van der Waals surface area contributed by atoms with E-state index in [4.69, 9.17) is 9.47 Å². The Morgan fingerprint density at radius 2 is 1.66 bits per heavy atom. The van der Waals surface area contributed by atoms with Gasteiger partial charge < -0.3 is 20.1 Å². The Kier molecular flexibility index (Phi) is 6.37. The molecule has 32 heavy (non-hydrogen) atoms. The molecule has 0 fully saturated rings. The van der Waals surface area contributed by atoms with Crippen LogP contribution >= 0.6 is 0 Å². The predicted octanol–water partition coefficient (Wildman–Crippen LogP) is 4.30. The first kappa shape index (κ1) is 21.4. The van der Waals surface area contributed by atoms with Gasteiger partial charge in [-0.25, -0.2) is 0 Å². The number of nitrogens with zero attached hydrogens (tertiary/aromatic N) is 1. The number of para-hydroxylation sites is 1. The molecule has 0 radical (unpaired) electrons. The number of amides is 2. The van der Waals surface area contributed by atoms with E-state index >= 15 is 0 Å². The molecule has 1 aliphatic heterocycles. The van der Waals surface area contributed by atoms with Crippen molar-refractivity contribution in [1.82, 2.24) is 4.90 Å². The smallest absolute Gasteiger partial charge is 0.257 e.